The van der Waals surface area contributed by atoms with Crippen LogP contribution in [0.2, 0.25) is 5.02 Å². The molecule has 0 unspecified atom stereocenters. The lowest BCUT2D eigenvalue weighted by Gasteiger charge is -2.08. The maximum Gasteiger partial charge on any atom is 0.272 e. The van der Waals surface area contributed by atoms with Crippen molar-refractivity contribution in [3.63, 3.8) is 0 Å². The first-order valence-electron chi connectivity index (χ1n) is 7.33. The second-order valence-electron chi connectivity index (χ2n) is 5.31. The molecule has 0 saturated carbocycles. The van der Waals surface area contributed by atoms with Crippen molar-refractivity contribution < 1.29 is 9.18 Å². The number of benzene rings is 3. The topological polar surface area (TPSA) is 41.5 Å². The lowest BCUT2D eigenvalue weighted by atomic mass is 9.99. The second kappa shape index (κ2) is 6.81. The van der Waals surface area contributed by atoms with E-state index in [0.717, 1.165) is 16.3 Å². The monoisotopic (exact) mass is 340 g/mol. The van der Waals surface area contributed by atoms with Crippen molar-refractivity contribution in [2.45, 2.75) is 6.92 Å². The molecule has 1 amide bonds. The number of nitrogens with one attached hydrogen (secondary N) is 1. The summed E-state index contributed by atoms with van der Waals surface area (Å²) in [5.74, 6) is -0.852. The molecule has 0 aliphatic rings. The van der Waals surface area contributed by atoms with Crippen molar-refractivity contribution in [2.24, 2.45) is 5.10 Å². The van der Waals surface area contributed by atoms with Crippen LogP contribution in [0.15, 0.2) is 59.7 Å². The third-order valence-corrected chi connectivity index (χ3v) is 4.05. The van der Waals surface area contributed by atoms with Gasteiger partial charge in [-0.1, -0.05) is 54.1 Å². The summed E-state index contributed by atoms with van der Waals surface area (Å²) in [6.07, 6.45) is 1.20. The Morgan fingerprint density at radius 3 is 2.71 bits per heavy atom. The summed E-state index contributed by atoms with van der Waals surface area (Å²) >= 11 is 5.92. The van der Waals surface area contributed by atoms with Crippen molar-refractivity contribution in [3.05, 3.63) is 82.1 Å². The van der Waals surface area contributed by atoms with Crippen LogP contribution in [0.1, 0.15) is 21.5 Å². The van der Waals surface area contributed by atoms with Gasteiger partial charge in [-0.3, -0.25) is 4.79 Å². The summed E-state index contributed by atoms with van der Waals surface area (Å²) in [5, 5.41) is 5.88. The molecule has 3 aromatic carbocycles. The number of nitrogens with zero attached hydrogens (tertiary/aromatic N) is 1. The van der Waals surface area contributed by atoms with Gasteiger partial charge in [0.1, 0.15) is 5.82 Å². The minimum Gasteiger partial charge on any atom is -0.267 e. The fourth-order valence-electron chi connectivity index (χ4n) is 2.53. The molecule has 0 fully saturated rings. The highest BCUT2D eigenvalue weighted by Crippen LogP contribution is 2.22. The molecule has 0 atom stereocenters. The first kappa shape index (κ1) is 16.1. The van der Waals surface area contributed by atoms with Gasteiger partial charge in [-0.2, -0.15) is 5.10 Å². The number of amides is 1. The minimum absolute atomic E-state index is 0.133. The molecule has 0 radical (unpaired) electrons. The van der Waals surface area contributed by atoms with E-state index in [9.17, 15) is 9.18 Å². The Morgan fingerprint density at radius 2 is 1.92 bits per heavy atom. The van der Waals surface area contributed by atoms with Crippen LogP contribution in [0.25, 0.3) is 10.8 Å². The fraction of sp³-hybridized carbons (Fsp3) is 0.0526. The molecule has 0 aromatic heterocycles. The van der Waals surface area contributed by atoms with Crippen LogP contribution >= 0.6 is 11.6 Å². The number of carbonyl (C=O) groups is 1. The second-order valence-corrected chi connectivity index (χ2v) is 5.72. The van der Waals surface area contributed by atoms with Crippen molar-refractivity contribution in [2.75, 3.05) is 0 Å². The fourth-order valence-corrected chi connectivity index (χ4v) is 2.74. The number of hydrazone groups is 1. The largest absolute Gasteiger partial charge is 0.272 e. The van der Waals surface area contributed by atoms with Crippen LogP contribution in [0, 0.1) is 12.7 Å². The maximum atomic E-state index is 13.7. The number of aryl methyl sites for hydroxylation is 1. The standard InChI is InChI=1S/C19H14ClFN2O/c1-12-9-10-13-5-2-3-6-14(13)18(12)19(24)23-22-11-15-16(20)7-4-8-17(15)21/h2-11H,1H3,(H,23,24)/b22-11-. The highest BCUT2D eigenvalue weighted by Gasteiger charge is 2.12. The van der Waals surface area contributed by atoms with Crippen molar-refractivity contribution in [1.29, 1.82) is 0 Å². The van der Waals surface area contributed by atoms with E-state index in [1.807, 2.05) is 43.3 Å². The Bertz CT molecular complexity index is 933. The molecule has 1 N–H and O–H groups in total. The zero-order chi connectivity index (χ0) is 17.1. The lowest BCUT2D eigenvalue weighted by Crippen LogP contribution is -2.19. The minimum atomic E-state index is -0.498. The molecule has 0 spiro atoms. The molecular formula is C19H14ClFN2O. The number of hydrogen-bond acceptors (Lipinski definition) is 2. The van der Waals surface area contributed by atoms with Gasteiger partial charge in [0.15, 0.2) is 0 Å². The smallest absolute Gasteiger partial charge is 0.267 e. The summed E-state index contributed by atoms with van der Waals surface area (Å²) in [6.45, 7) is 1.86. The highest BCUT2D eigenvalue weighted by molar-refractivity contribution is 6.33. The van der Waals surface area contributed by atoms with E-state index in [1.54, 1.807) is 6.07 Å². The Morgan fingerprint density at radius 1 is 1.12 bits per heavy atom. The van der Waals surface area contributed by atoms with Crippen molar-refractivity contribution in [3.8, 4) is 0 Å². The molecule has 3 rings (SSSR count). The Labute approximate surface area is 143 Å². The van der Waals surface area contributed by atoms with Gasteiger partial charge >= 0.3 is 0 Å². The van der Waals surface area contributed by atoms with Crippen LogP contribution in [0.5, 0.6) is 0 Å². The van der Waals surface area contributed by atoms with E-state index < -0.39 is 5.82 Å². The number of halogens is 2. The molecule has 3 nitrogen and oxygen atoms in total. The molecule has 3 aromatic rings. The normalized spacial score (nSPS) is 11.1. The number of rotatable bonds is 3. The van der Waals surface area contributed by atoms with Gasteiger partial charge in [-0.25, -0.2) is 9.82 Å². The molecule has 5 heteroatoms. The summed E-state index contributed by atoms with van der Waals surface area (Å²) < 4.78 is 13.7. The summed E-state index contributed by atoms with van der Waals surface area (Å²) in [7, 11) is 0. The van der Waals surface area contributed by atoms with Crippen LogP contribution in [-0.2, 0) is 0 Å². The van der Waals surface area contributed by atoms with Gasteiger partial charge in [0.2, 0.25) is 0 Å². The quantitative estimate of drug-likeness (QED) is 0.544. The maximum absolute atomic E-state index is 13.7. The van der Waals surface area contributed by atoms with E-state index in [0.29, 0.717) is 5.56 Å². The van der Waals surface area contributed by atoms with E-state index in [-0.39, 0.29) is 16.5 Å². The highest BCUT2D eigenvalue weighted by atomic mass is 35.5. The molecule has 0 aliphatic carbocycles. The summed E-state index contributed by atoms with van der Waals surface area (Å²) in [6, 6.07) is 15.8. The van der Waals surface area contributed by atoms with Gasteiger partial charge in [-0.15, -0.1) is 0 Å². The summed E-state index contributed by atoms with van der Waals surface area (Å²) in [4.78, 5) is 12.5. The molecule has 0 aliphatic heterocycles. The van der Waals surface area contributed by atoms with Crippen molar-refractivity contribution in [1.82, 2.24) is 5.43 Å². The van der Waals surface area contributed by atoms with Crippen LogP contribution in [-0.4, -0.2) is 12.1 Å². The molecule has 0 heterocycles. The van der Waals surface area contributed by atoms with E-state index in [4.69, 9.17) is 11.6 Å². The van der Waals surface area contributed by atoms with Gasteiger partial charge < -0.3 is 0 Å². The molecular weight excluding hydrogens is 327 g/mol. The Hall–Kier alpha value is -2.72. The van der Waals surface area contributed by atoms with Gasteiger partial charge in [-0.05, 0) is 35.4 Å². The first-order chi connectivity index (χ1) is 11.6. The molecule has 0 bridgehead atoms. The van der Waals surface area contributed by atoms with E-state index in [2.05, 4.69) is 10.5 Å². The number of hydrogen-bond donors (Lipinski definition) is 1. The average molecular weight is 341 g/mol. The Balaban J connectivity index is 1.89. The third kappa shape index (κ3) is 3.14. The predicted molar refractivity (Wildman–Crippen MR) is 95.2 cm³/mol. The van der Waals surface area contributed by atoms with Crippen LogP contribution < -0.4 is 5.43 Å². The van der Waals surface area contributed by atoms with Gasteiger partial charge in [0, 0.05) is 5.56 Å². The van der Waals surface area contributed by atoms with Gasteiger partial charge in [0.05, 0.1) is 16.8 Å². The predicted octanol–water partition coefficient (Wildman–Crippen LogP) is 4.70. The molecule has 120 valence electrons. The van der Waals surface area contributed by atoms with E-state index >= 15 is 0 Å². The van der Waals surface area contributed by atoms with Crippen LogP contribution in [0.4, 0.5) is 4.39 Å². The van der Waals surface area contributed by atoms with Gasteiger partial charge in [0.25, 0.3) is 5.91 Å². The van der Waals surface area contributed by atoms with Crippen molar-refractivity contribution >= 4 is 34.5 Å². The number of fused-ring (bicyclic) bond motifs is 1. The first-order valence-corrected chi connectivity index (χ1v) is 7.71. The van der Waals surface area contributed by atoms with Crippen LogP contribution in [0.3, 0.4) is 0 Å². The molecule has 24 heavy (non-hydrogen) atoms. The number of carbonyl (C=O) groups excluding carboxylic acids is 1. The zero-order valence-corrected chi connectivity index (χ0v) is 13.6. The lowest BCUT2D eigenvalue weighted by molar-refractivity contribution is 0.0956. The SMILES string of the molecule is Cc1ccc2ccccc2c1C(=O)N/N=C\c1c(F)cccc1Cl. The Kier molecular flexibility index (Phi) is 4.58. The summed E-state index contributed by atoms with van der Waals surface area (Å²) in [5.41, 5.74) is 3.96. The van der Waals surface area contributed by atoms with E-state index in [1.165, 1.54) is 18.3 Å². The zero-order valence-electron chi connectivity index (χ0n) is 12.9. The average Bonchev–Trinajstić information content (AvgIpc) is 2.57. The third-order valence-electron chi connectivity index (χ3n) is 3.72. The molecule has 0 saturated heterocycles.